The molecule has 0 aliphatic carbocycles. The third kappa shape index (κ3) is 4.73. The minimum atomic E-state index is -3.52. The van der Waals surface area contributed by atoms with Crippen molar-refractivity contribution in [2.45, 2.75) is 18.7 Å². The van der Waals surface area contributed by atoms with E-state index in [-0.39, 0.29) is 10.8 Å². The lowest BCUT2D eigenvalue weighted by molar-refractivity contribution is 0.312. The molecule has 20 heavy (non-hydrogen) atoms. The van der Waals surface area contributed by atoms with Crippen LogP contribution >= 0.6 is 0 Å². The first-order valence-corrected chi connectivity index (χ1v) is 8.04. The summed E-state index contributed by atoms with van der Waals surface area (Å²) in [5, 5.41) is 0. The second-order valence-electron chi connectivity index (χ2n) is 5.48. The van der Waals surface area contributed by atoms with Crippen LogP contribution in [-0.2, 0) is 10.0 Å². The molecule has 0 bridgehead atoms. The van der Waals surface area contributed by atoms with Gasteiger partial charge in [0, 0.05) is 25.8 Å². The van der Waals surface area contributed by atoms with Crippen molar-refractivity contribution >= 4 is 15.8 Å². The molecule has 0 fully saturated rings. The van der Waals surface area contributed by atoms with Gasteiger partial charge in [0.15, 0.2) is 0 Å². The fraction of sp³-hybridized carbons (Fsp3) is 0.615. The summed E-state index contributed by atoms with van der Waals surface area (Å²) in [6.07, 6.45) is 1.31. The van der Waals surface area contributed by atoms with Crippen LogP contribution in [0.3, 0.4) is 0 Å². The number of nitrogens with two attached hydrogens (primary N) is 1. The van der Waals surface area contributed by atoms with Gasteiger partial charge in [-0.3, -0.25) is 0 Å². The molecule has 0 spiro atoms. The Labute approximate surface area is 121 Å². The summed E-state index contributed by atoms with van der Waals surface area (Å²) in [5.74, 6) is 0.571. The van der Waals surface area contributed by atoms with Crippen LogP contribution in [0.15, 0.2) is 23.2 Å². The Morgan fingerprint density at radius 1 is 1.25 bits per heavy atom. The third-order valence-electron chi connectivity index (χ3n) is 2.76. The first kappa shape index (κ1) is 16.9. The summed E-state index contributed by atoms with van der Waals surface area (Å²) in [7, 11) is 0.323. The number of rotatable bonds is 7. The number of sulfonamides is 1. The molecule has 1 rings (SSSR count). The zero-order chi connectivity index (χ0) is 15.3. The summed E-state index contributed by atoms with van der Waals surface area (Å²) in [4.78, 5) is 6.01. The normalized spacial score (nSPS) is 12.6. The molecule has 114 valence electrons. The fourth-order valence-corrected chi connectivity index (χ4v) is 3.26. The number of nitrogens with zero attached hydrogens (tertiary/aromatic N) is 3. The van der Waals surface area contributed by atoms with Crippen LogP contribution in [-0.4, -0.2) is 56.3 Å². The van der Waals surface area contributed by atoms with Gasteiger partial charge in [0.25, 0.3) is 0 Å². The summed E-state index contributed by atoms with van der Waals surface area (Å²) >= 11 is 0. The van der Waals surface area contributed by atoms with E-state index in [2.05, 4.69) is 4.98 Å². The van der Waals surface area contributed by atoms with Crippen LogP contribution in [0.25, 0.3) is 0 Å². The number of aromatic nitrogens is 1. The lowest BCUT2D eigenvalue weighted by atomic mass is 10.2. The average molecular weight is 300 g/mol. The number of hydrogen-bond donors (Lipinski definition) is 1. The predicted molar refractivity (Wildman–Crippen MR) is 80.8 cm³/mol. The van der Waals surface area contributed by atoms with Gasteiger partial charge in [-0.1, -0.05) is 13.8 Å². The highest BCUT2D eigenvalue weighted by Crippen LogP contribution is 2.17. The van der Waals surface area contributed by atoms with E-state index in [1.807, 2.05) is 32.8 Å². The molecule has 0 unspecified atom stereocenters. The Hall–Kier alpha value is -1.18. The Bertz CT molecular complexity index is 512. The molecule has 0 aliphatic heterocycles. The van der Waals surface area contributed by atoms with Crippen molar-refractivity contribution in [2.75, 3.05) is 39.5 Å². The van der Waals surface area contributed by atoms with Gasteiger partial charge in [0.2, 0.25) is 10.0 Å². The van der Waals surface area contributed by atoms with E-state index in [1.165, 1.54) is 22.6 Å². The highest BCUT2D eigenvalue weighted by Gasteiger charge is 2.25. The zero-order valence-corrected chi connectivity index (χ0v) is 13.4. The van der Waals surface area contributed by atoms with Crippen molar-refractivity contribution in [3.8, 4) is 0 Å². The van der Waals surface area contributed by atoms with Crippen molar-refractivity contribution in [2.24, 2.45) is 5.92 Å². The monoisotopic (exact) mass is 300 g/mol. The highest BCUT2D eigenvalue weighted by atomic mass is 32.2. The Morgan fingerprint density at radius 3 is 2.35 bits per heavy atom. The maximum absolute atomic E-state index is 12.6. The molecule has 6 nitrogen and oxygen atoms in total. The van der Waals surface area contributed by atoms with Gasteiger partial charge in [-0.05, 0) is 32.1 Å². The van der Waals surface area contributed by atoms with Crippen LogP contribution in [0, 0.1) is 5.92 Å². The highest BCUT2D eigenvalue weighted by molar-refractivity contribution is 7.89. The lowest BCUT2D eigenvalue weighted by Crippen LogP contribution is -2.39. The molecule has 7 heteroatoms. The second-order valence-corrected chi connectivity index (χ2v) is 7.42. The Kier molecular flexibility index (Phi) is 5.91. The molecule has 2 N–H and O–H groups in total. The van der Waals surface area contributed by atoms with E-state index in [9.17, 15) is 8.42 Å². The van der Waals surface area contributed by atoms with Gasteiger partial charge < -0.3 is 10.6 Å². The van der Waals surface area contributed by atoms with Gasteiger partial charge >= 0.3 is 0 Å². The molecule has 0 amide bonds. The number of anilines is 1. The topological polar surface area (TPSA) is 79.5 Å². The molecule has 0 saturated heterocycles. The van der Waals surface area contributed by atoms with Crippen molar-refractivity contribution in [1.29, 1.82) is 0 Å². The Balaban J connectivity index is 3.00. The van der Waals surface area contributed by atoms with Crippen molar-refractivity contribution in [3.05, 3.63) is 18.3 Å². The maximum Gasteiger partial charge on any atom is 0.244 e. The Morgan fingerprint density at radius 2 is 1.90 bits per heavy atom. The van der Waals surface area contributed by atoms with Crippen molar-refractivity contribution < 1.29 is 8.42 Å². The van der Waals surface area contributed by atoms with E-state index >= 15 is 0 Å². The SMILES string of the molecule is CC(C)CN(CCN(C)C)S(=O)(=O)c1ccc(N)nc1. The molecule has 1 aromatic rings. The molecule has 0 aliphatic rings. The van der Waals surface area contributed by atoms with Crippen molar-refractivity contribution in [1.82, 2.24) is 14.2 Å². The number of hydrogen-bond acceptors (Lipinski definition) is 5. The van der Waals surface area contributed by atoms with E-state index in [0.29, 0.717) is 25.5 Å². The van der Waals surface area contributed by atoms with Gasteiger partial charge in [0.05, 0.1) is 0 Å². The summed E-state index contributed by atoms with van der Waals surface area (Å²) in [6.45, 7) is 5.62. The minimum absolute atomic E-state index is 0.186. The van der Waals surface area contributed by atoms with E-state index < -0.39 is 10.0 Å². The molecule has 0 radical (unpaired) electrons. The van der Waals surface area contributed by atoms with Gasteiger partial charge in [-0.15, -0.1) is 0 Å². The molecular formula is C13H24N4O2S. The van der Waals surface area contributed by atoms with E-state index in [1.54, 1.807) is 0 Å². The van der Waals surface area contributed by atoms with Gasteiger partial charge in [0.1, 0.15) is 10.7 Å². The van der Waals surface area contributed by atoms with Gasteiger partial charge in [-0.25, -0.2) is 13.4 Å². The molecular weight excluding hydrogens is 276 g/mol. The van der Waals surface area contributed by atoms with E-state index in [4.69, 9.17) is 5.73 Å². The third-order valence-corrected chi connectivity index (χ3v) is 4.61. The lowest BCUT2D eigenvalue weighted by Gasteiger charge is -2.25. The van der Waals surface area contributed by atoms with Crippen LogP contribution in [0.4, 0.5) is 5.82 Å². The summed E-state index contributed by atoms with van der Waals surface area (Å²) < 4.78 is 26.7. The zero-order valence-electron chi connectivity index (χ0n) is 12.6. The smallest absolute Gasteiger partial charge is 0.244 e. The molecule has 1 heterocycles. The molecule has 0 atom stereocenters. The van der Waals surface area contributed by atoms with Crippen molar-refractivity contribution in [3.63, 3.8) is 0 Å². The minimum Gasteiger partial charge on any atom is -0.384 e. The van der Waals surface area contributed by atoms with Crippen LogP contribution in [0.1, 0.15) is 13.8 Å². The molecule has 0 saturated carbocycles. The molecule has 0 aromatic carbocycles. The second kappa shape index (κ2) is 7.01. The van der Waals surface area contributed by atoms with Crippen LogP contribution in [0.5, 0.6) is 0 Å². The number of pyridine rings is 1. The average Bonchev–Trinajstić information content (AvgIpc) is 2.34. The van der Waals surface area contributed by atoms with Crippen LogP contribution in [0.2, 0.25) is 0 Å². The van der Waals surface area contributed by atoms with Crippen LogP contribution < -0.4 is 5.73 Å². The first-order valence-electron chi connectivity index (χ1n) is 6.60. The maximum atomic E-state index is 12.6. The number of nitrogen functional groups attached to an aromatic ring is 1. The van der Waals surface area contributed by atoms with E-state index in [0.717, 1.165) is 0 Å². The largest absolute Gasteiger partial charge is 0.384 e. The predicted octanol–water partition coefficient (Wildman–Crippen LogP) is 0.872. The quantitative estimate of drug-likeness (QED) is 0.808. The standard InChI is InChI=1S/C13H24N4O2S/c1-11(2)10-17(8-7-16(3)4)20(18,19)12-5-6-13(14)15-9-12/h5-6,9,11H,7-8,10H2,1-4H3,(H2,14,15). The fourth-order valence-electron chi connectivity index (χ4n) is 1.72. The number of likely N-dealkylation sites (N-methyl/N-ethyl adjacent to an activating group) is 1. The summed E-state index contributed by atoms with van der Waals surface area (Å²) in [5.41, 5.74) is 5.50. The van der Waals surface area contributed by atoms with Gasteiger partial charge in [-0.2, -0.15) is 4.31 Å². The first-order chi connectivity index (χ1) is 9.23. The molecule has 1 aromatic heterocycles. The summed E-state index contributed by atoms with van der Waals surface area (Å²) in [6, 6.07) is 3.01.